The number of benzene rings is 1. The summed E-state index contributed by atoms with van der Waals surface area (Å²) in [5.41, 5.74) is 0.746. The van der Waals surface area contributed by atoms with Gasteiger partial charge >= 0.3 is 11.9 Å². The number of hydrogen-bond donors (Lipinski definition) is 0. The molecule has 0 amide bonds. The van der Waals surface area contributed by atoms with E-state index in [4.69, 9.17) is 9.47 Å². The van der Waals surface area contributed by atoms with Crippen molar-refractivity contribution in [2.24, 2.45) is 5.92 Å². The van der Waals surface area contributed by atoms with Crippen LogP contribution in [-0.4, -0.2) is 24.6 Å². The van der Waals surface area contributed by atoms with Crippen LogP contribution >= 0.6 is 0 Å². The topological polar surface area (TPSA) is 52.6 Å². The molecular weight excluding hydrogens is 268 g/mol. The second-order valence-electron chi connectivity index (χ2n) is 5.42. The van der Waals surface area contributed by atoms with Gasteiger partial charge in [-0.1, -0.05) is 33.8 Å². The Morgan fingerprint density at radius 2 is 1.62 bits per heavy atom. The lowest BCUT2D eigenvalue weighted by Crippen LogP contribution is -2.17. The molecule has 0 aliphatic heterocycles. The van der Waals surface area contributed by atoms with Gasteiger partial charge in [-0.05, 0) is 37.0 Å². The summed E-state index contributed by atoms with van der Waals surface area (Å²) in [5, 5.41) is 0. The highest BCUT2D eigenvalue weighted by Crippen LogP contribution is 2.12. The normalized spacial score (nSPS) is 10.8. The average molecular weight is 292 g/mol. The molecule has 0 heterocycles. The highest BCUT2D eigenvalue weighted by atomic mass is 16.5. The van der Waals surface area contributed by atoms with Crippen LogP contribution < -0.4 is 0 Å². The van der Waals surface area contributed by atoms with Crippen molar-refractivity contribution in [3.8, 4) is 0 Å². The van der Waals surface area contributed by atoms with Crippen LogP contribution in [0.4, 0.5) is 0 Å². The van der Waals surface area contributed by atoms with Gasteiger partial charge in [0.1, 0.15) is 6.10 Å². The van der Waals surface area contributed by atoms with Crippen molar-refractivity contribution in [2.75, 3.05) is 6.61 Å². The monoisotopic (exact) mass is 292 g/mol. The van der Waals surface area contributed by atoms with Gasteiger partial charge in [0.25, 0.3) is 0 Å². The second kappa shape index (κ2) is 8.45. The number of carbonyl (C=O) groups is 2. The Morgan fingerprint density at radius 3 is 2.14 bits per heavy atom. The lowest BCUT2D eigenvalue weighted by molar-refractivity contribution is 0.0284. The molecule has 0 saturated heterocycles. The molecule has 1 rings (SSSR count). The average Bonchev–Trinajstić information content (AvgIpc) is 2.50. The molecular formula is C17H24O4. The molecule has 0 aliphatic carbocycles. The first-order chi connectivity index (χ1) is 9.97. The lowest BCUT2D eigenvalue weighted by atomic mass is 10.1. The summed E-state index contributed by atoms with van der Waals surface area (Å²) in [6.45, 7) is 8.25. The van der Waals surface area contributed by atoms with Gasteiger partial charge in [-0.2, -0.15) is 0 Å². The molecule has 1 aromatic rings. The zero-order chi connectivity index (χ0) is 15.8. The SMILES string of the molecule is CCC(CC)OC(=O)c1cccc(C(=O)OCC(C)C)c1. The largest absolute Gasteiger partial charge is 0.462 e. The number of hydrogen-bond acceptors (Lipinski definition) is 4. The van der Waals surface area contributed by atoms with Crippen molar-refractivity contribution in [3.63, 3.8) is 0 Å². The molecule has 0 aromatic heterocycles. The maximum atomic E-state index is 12.0. The van der Waals surface area contributed by atoms with Gasteiger partial charge in [0.15, 0.2) is 0 Å². The van der Waals surface area contributed by atoms with Gasteiger partial charge in [-0.25, -0.2) is 9.59 Å². The molecule has 0 radical (unpaired) electrons. The van der Waals surface area contributed by atoms with Crippen LogP contribution in [0.1, 0.15) is 61.3 Å². The summed E-state index contributed by atoms with van der Waals surface area (Å²) >= 11 is 0. The fourth-order valence-electron chi connectivity index (χ4n) is 1.77. The third-order valence-corrected chi connectivity index (χ3v) is 3.07. The van der Waals surface area contributed by atoms with Crippen LogP contribution in [0.3, 0.4) is 0 Å². The van der Waals surface area contributed by atoms with E-state index in [1.54, 1.807) is 18.2 Å². The molecule has 0 atom stereocenters. The van der Waals surface area contributed by atoms with E-state index in [1.807, 2.05) is 27.7 Å². The van der Waals surface area contributed by atoms with Gasteiger partial charge in [0.2, 0.25) is 0 Å². The van der Waals surface area contributed by atoms with Gasteiger partial charge in [-0.3, -0.25) is 0 Å². The van der Waals surface area contributed by atoms with Crippen molar-refractivity contribution in [3.05, 3.63) is 35.4 Å². The summed E-state index contributed by atoms with van der Waals surface area (Å²) in [6.07, 6.45) is 1.46. The summed E-state index contributed by atoms with van der Waals surface area (Å²) in [5.74, 6) is -0.542. The number of rotatable bonds is 7. The molecule has 116 valence electrons. The highest BCUT2D eigenvalue weighted by Gasteiger charge is 2.15. The number of esters is 2. The molecule has 0 fully saturated rings. The Kier molecular flexibility index (Phi) is 6.92. The minimum absolute atomic E-state index is 0.0888. The van der Waals surface area contributed by atoms with Crippen molar-refractivity contribution in [1.29, 1.82) is 0 Å². The first kappa shape index (κ1) is 17.2. The predicted molar refractivity (Wildman–Crippen MR) is 81.3 cm³/mol. The van der Waals surface area contributed by atoms with E-state index in [-0.39, 0.29) is 12.0 Å². The lowest BCUT2D eigenvalue weighted by Gasteiger charge is -2.14. The van der Waals surface area contributed by atoms with Crippen LogP contribution in [0.2, 0.25) is 0 Å². The maximum absolute atomic E-state index is 12.0. The molecule has 0 N–H and O–H groups in total. The third-order valence-electron chi connectivity index (χ3n) is 3.07. The van der Waals surface area contributed by atoms with E-state index in [2.05, 4.69) is 0 Å². The molecule has 21 heavy (non-hydrogen) atoms. The zero-order valence-electron chi connectivity index (χ0n) is 13.2. The van der Waals surface area contributed by atoms with Crippen LogP contribution in [0, 0.1) is 5.92 Å². The van der Waals surface area contributed by atoms with Gasteiger partial charge < -0.3 is 9.47 Å². The second-order valence-corrected chi connectivity index (χ2v) is 5.42. The Labute approximate surface area is 126 Å². The molecule has 0 spiro atoms. The smallest absolute Gasteiger partial charge is 0.338 e. The van der Waals surface area contributed by atoms with Crippen molar-refractivity contribution in [2.45, 2.75) is 46.6 Å². The fraction of sp³-hybridized carbons (Fsp3) is 0.529. The molecule has 0 aliphatic rings. The molecule has 4 heteroatoms. The summed E-state index contributed by atoms with van der Waals surface area (Å²) in [4.78, 5) is 23.9. The minimum atomic E-state index is -0.416. The molecule has 0 unspecified atom stereocenters. The van der Waals surface area contributed by atoms with Crippen LogP contribution in [-0.2, 0) is 9.47 Å². The van der Waals surface area contributed by atoms with Crippen molar-refractivity contribution in [1.82, 2.24) is 0 Å². The Bertz CT molecular complexity index is 475. The van der Waals surface area contributed by atoms with Crippen LogP contribution in [0.5, 0.6) is 0 Å². The minimum Gasteiger partial charge on any atom is -0.462 e. The standard InChI is InChI=1S/C17H24O4/c1-5-15(6-2)21-17(19)14-9-7-8-13(10-14)16(18)20-11-12(3)4/h7-10,12,15H,5-6,11H2,1-4H3. The summed E-state index contributed by atoms with van der Waals surface area (Å²) < 4.78 is 10.5. The quantitative estimate of drug-likeness (QED) is 0.716. The first-order valence-electron chi connectivity index (χ1n) is 7.46. The molecule has 0 bridgehead atoms. The van der Waals surface area contributed by atoms with E-state index >= 15 is 0 Å². The van der Waals surface area contributed by atoms with E-state index in [1.165, 1.54) is 6.07 Å². The number of carbonyl (C=O) groups excluding carboxylic acids is 2. The Morgan fingerprint density at radius 1 is 1.05 bits per heavy atom. The van der Waals surface area contributed by atoms with E-state index < -0.39 is 11.9 Å². The highest BCUT2D eigenvalue weighted by molar-refractivity contribution is 5.95. The third kappa shape index (κ3) is 5.58. The van der Waals surface area contributed by atoms with Crippen molar-refractivity contribution >= 4 is 11.9 Å². The fourth-order valence-corrected chi connectivity index (χ4v) is 1.77. The van der Waals surface area contributed by atoms with Gasteiger partial charge in [0.05, 0.1) is 17.7 Å². The van der Waals surface area contributed by atoms with E-state index in [0.717, 1.165) is 12.8 Å². The number of ether oxygens (including phenoxy) is 2. The van der Waals surface area contributed by atoms with Crippen LogP contribution in [0.25, 0.3) is 0 Å². The molecule has 0 saturated carbocycles. The van der Waals surface area contributed by atoms with Gasteiger partial charge in [0, 0.05) is 0 Å². The molecule has 4 nitrogen and oxygen atoms in total. The van der Waals surface area contributed by atoms with Crippen LogP contribution in [0.15, 0.2) is 24.3 Å². The predicted octanol–water partition coefficient (Wildman–Crippen LogP) is 3.84. The van der Waals surface area contributed by atoms with Gasteiger partial charge in [-0.15, -0.1) is 0 Å². The van der Waals surface area contributed by atoms with Crippen molar-refractivity contribution < 1.29 is 19.1 Å². The maximum Gasteiger partial charge on any atom is 0.338 e. The Balaban J connectivity index is 2.75. The molecule has 1 aromatic carbocycles. The summed E-state index contributed by atoms with van der Waals surface area (Å²) in [7, 11) is 0. The Hall–Kier alpha value is -1.84. The zero-order valence-corrected chi connectivity index (χ0v) is 13.2. The van der Waals surface area contributed by atoms with E-state index in [9.17, 15) is 9.59 Å². The summed E-state index contributed by atoms with van der Waals surface area (Å²) in [6, 6.07) is 6.46. The first-order valence-corrected chi connectivity index (χ1v) is 7.46. The van der Waals surface area contributed by atoms with E-state index in [0.29, 0.717) is 17.7 Å².